The standard InChI is InChI=1S/2C11H11NO5/c2*1-16-10-5-3-8(4-6-11(13)17-2)7-9(10)12(14)15/h2*3-7H,1-2H3/b2*6-4+. The fourth-order valence-electron chi connectivity index (χ4n) is 2.37. The van der Waals surface area contributed by atoms with Crippen LogP contribution in [0, 0.1) is 20.2 Å². The summed E-state index contributed by atoms with van der Waals surface area (Å²) < 4.78 is 18.5. The highest BCUT2D eigenvalue weighted by atomic mass is 16.6. The molecule has 0 atom stereocenters. The van der Waals surface area contributed by atoms with Crippen LogP contribution in [-0.4, -0.2) is 50.2 Å². The summed E-state index contributed by atoms with van der Waals surface area (Å²) in [5, 5.41) is 21.5. The quantitative estimate of drug-likeness (QED) is 0.240. The van der Waals surface area contributed by atoms with Crippen molar-refractivity contribution < 1.29 is 38.4 Å². The van der Waals surface area contributed by atoms with E-state index in [0.717, 1.165) is 0 Å². The van der Waals surface area contributed by atoms with Crippen LogP contribution in [0.25, 0.3) is 12.2 Å². The van der Waals surface area contributed by atoms with Crippen molar-refractivity contribution in [1.82, 2.24) is 0 Å². The summed E-state index contributed by atoms with van der Waals surface area (Å²) in [5.41, 5.74) is 0.727. The minimum atomic E-state index is -0.547. The Hall–Kier alpha value is -4.74. The summed E-state index contributed by atoms with van der Waals surface area (Å²) >= 11 is 0. The van der Waals surface area contributed by atoms with Crippen LogP contribution in [0.5, 0.6) is 11.5 Å². The predicted molar refractivity (Wildman–Crippen MR) is 121 cm³/mol. The van der Waals surface area contributed by atoms with E-state index in [1.165, 1.54) is 77.0 Å². The van der Waals surface area contributed by atoms with Gasteiger partial charge < -0.3 is 18.9 Å². The number of hydrogen-bond donors (Lipinski definition) is 0. The summed E-state index contributed by atoms with van der Waals surface area (Å²) in [6.45, 7) is 0. The van der Waals surface area contributed by atoms with Crippen LogP contribution in [0.1, 0.15) is 11.1 Å². The molecule has 0 unspecified atom stereocenters. The zero-order valence-corrected chi connectivity index (χ0v) is 18.8. The van der Waals surface area contributed by atoms with Gasteiger partial charge in [0.15, 0.2) is 11.5 Å². The molecule has 0 saturated heterocycles. The van der Waals surface area contributed by atoms with Gasteiger partial charge in [-0.25, -0.2) is 9.59 Å². The Morgan fingerprint density at radius 3 is 1.32 bits per heavy atom. The van der Waals surface area contributed by atoms with Gasteiger partial charge in [0, 0.05) is 24.3 Å². The van der Waals surface area contributed by atoms with Gasteiger partial charge in [-0.15, -0.1) is 0 Å². The van der Waals surface area contributed by atoms with Crippen LogP contribution < -0.4 is 9.47 Å². The number of methoxy groups -OCH3 is 4. The molecule has 0 aliphatic heterocycles. The predicted octanol–water partition coefficient (Wildman–Crippen LogP) is 3.58. The van der Waals surface area contributed by atoms with E-state index in [1.54, 1.807) is 12.1 Å². The monoisotopic (exact) mass is 474 g/mol. The van der Waals surface area contributed by atoms with Crippen LogP contribution in [0.15, 0.2) is 48.6 Å². The van der Waals surface area contributed by atoms with Crippen molar-refractivity contribution in [2.75, 3.05) is 28.4 Å². The Balaban J connectivity index is 0.000000340. The second-order valence-electron chi connectivity index (χ2n) is 6.09. The Kier molecular flexibility index (Phi) is 10.9. The van der Waals surface area contributed by atoms with E-state index in [-0.39, 0.29) is 22.9 Å². The number of hydrogen-bond acceptors (Lipinski definition) is 10. The fraction of sp³-hybridized carbons (Fsp3) is 0.182. The van der Waals surface area contributed by atoms with Crippen molar-refractivity contribution in [3.63, 3.8) is 0 Å². The van der Waals surface area contributed by atoms with Crippen molar-refractivity contribution in [2.24, 2.45) is 0 Å². The molecule has 0 spiro atoms. The van der Waals surface area contributed by atoms with E-state index in [1.807, 2.05) is 0 Å². The average molecular weight is 474 g/mol. The number of benzene rings is 2. The zero-order valence-electron chi connectivity index (χ0n) is 18.8. The Morgan fingerprint density at radius 2 is 1.06 bits per heavy atom. The topological polar surface area (TPSA) is 157 Å². The summed E-state index contributed by atoms with van der Waals surface area (Å²) in [5.74, 6) is -0.706. The normalized spacial score (nSPS) is 10.2. The van der Waals surface area contributed by atoms with Gasteiger partial charge >= 0.3 is 23.3 Å². The first-order chi connectivity index (χ1) is 16.2. The molecule has 2 rings (SSSR count). The molecule has 0 amide bonds. The Bertz CT molecular complexity index is 1020. The highest BCUT2D eigenvalue weighted by Crippen LogP contribution is 2.28. The SMILES string of the molecule is COC(=O)/C=C/c1ccc(OC)c([N+](=O)[O-])c1.COC(=O)/C=C/c1ccc(OC)c([N+](=O)[O-])c1. The lowest BCUT2D eigenvalue weighted by Gasteiger charge is -2.01. The van der Waals surface area contributed by atoms with E-state index < -0.39 is 21.8 Å². The molecule has 0 aromatic heterocycles. The molecule has 180 valence electrons. The number of rotatable bonds is 8. The second kappa shape index (κ2) is 13.6. The van der Waals surface area contributed by atoms with E-state index in [2.05, 4.69) is 9.47 Å². The summed E-state index contributed by atoms with van der Waals surface area (Å²) in [4.78, 5) is 42.1. The molecule has 2 aromatic rings. The Morgan fingerprint density at radius 1 is 0.706 bits per heavy atom. The molecule has 0 radical (unpaired) electrons. The molecule has 12 nitrogen and oxygen atoms in total. The van der Waals surface area contributed by atoms with E-state index in [4.69, 9.17) is 9.47 Å². The summed E-state index contributed by atoms with van der Waals surface area (Å²) in [7, 11) is 5.21. The van der Waals surface area contributed by atoms with Crippen molar-refractivity contribution in [1.29, 1.82) is 0 Å². The van der Waals surface area contributed by atoms with Gasteiger partial charge in [0.05, 0.1) is 38.3 Å². The zero-order chi connectivity index (χ0) is 25.7. The van der Waals surface area contributed by atoms with Crippen molar-refractivity contribution in [2.45, 2.75) is 0 Å². The van der Waals surface area contributed by atoms with Crippen LogP contribution in [0.3, 0.4) is 0 Å². The lowest BCUT2D eigenvalue weighted by molar-refractivity contribution is -0.385. The van der Waals surface area contributed by atoms with Crippen LogP contribution in [0.2, 0.25) is 0 Å². The van der Waals surface area contributed by atoms with E-state index in [9.17, 15) is 29.8 Å². The van der Waals surface area contributed by atoms with Crippen molar-refractivity contribution in [3.05, 3.63) is 79.9 Å². The number of carbonyl (C=O) groups excluding carboxylic acids is 2. The molecule has 2 aromatic carbocycles. The van der Waals surface area contributed by atoms with Gasteiger partial charge in [-0.05, 0) is 35.4 Å². The third kappa shape index (κ3) is 8.42. The van der Waals surface area contributed by atoms with Crippen LogP contribution >= 0.6 is 0 Å². The number of carbonyl (C=O) groups is 2. The first-order valence-electron chi connectivity index (χ1n) is 9.33. The molecule has 0 N–H and O–H groups in total. The van der Waals surface area contributed by atoms with Crippen LogP contribution in [-0.2, 0) is 19.1 Å². The highest BCUT2D eigenvalue weighted by Gasteiger charge is 2.15. The van der Waals surface area contributed by atoms with Gasteiger partial charge in [-0.3, -0.25) is 20.2 Å². The van der Waals surface area contributed by atoms with Crippen LogP contribution in [0.4, 0.5) is 11.4 Å². The number of nitro groups is 2. The maximum absolute atomic E-state index is 10.9. The van der Waals surface area contributed by atoms with E-state index in [0.29, 0.717) is 11.1 Å². The molecule has 0 aliphatic carbocycles. The molecule has 34 heavy (non-hydrogen) atoms. The molecular formula is C22H22N2O10. The third-order valence-electron chi connectivity index (χ3n) is 4.03. The minimum Gasteiger partial charge on any atom is -0.490 e. The number of ether oxygens (including phenoxy) is 4. The molecule has 0 bridgehead atoms. The van der Waals surface area contributed by atoms with Gasteiger partial charge in [0.2, 0.25) is 0 Å². The van der Waals surface area contributed by atoms with Crippen molar-refractivity contribution >= 4 is 35.5 Å². The second-order valence-corrected chi connectivity index (χ2v) is 6.09. The maximum Gasteiger partial charge on any atom is 0.330 e. The lowest BCUT2D eigenvalue weighted by Crippen LogP contribution is -1.95. The summed E-state index contributed by atoms with van der Waals surface area (Å²) in [6.07, 6.45) is 5.23. The lowest BCUT2D eigenvalue weighted by atomic mass is 10.1. The molecule has 0 aliphatic rings. The molecule has 12 heteroatoms. The fourth-order valence-corrected chi connectivity index (χ4v) is 2.37. The summed E-state index contributed by atoms with van der Waals surface area (Å²) in [6, 6.07) is 8.78. The third-order valence-corrected chi connectivity index (χ3v) is 4.03. The Labute approximate surface area is 194 Å². The minimum absolute atomic E-state index is 0.153. The van der Waals surface area contributed by atoms with Gasteiger partial charge in [-0.1, -0.05) is 12.1 Å². The maximum atomic E-state index is 10.9. The molecule has 0 fully saturated rings. The average Bonchev–Trinajstić information content (AvgIpc) is 2.85. The number of nitrogens with zero attached hydrogens (tertiary/aromatic N) is 2. The smallest absolute Gasteiger partial charge is 0.330 e. The van der Waals surface area contributed by atoms with Gasteiger partial charge in [0.25, 0.3) is 0 Å². The highest BCUT2D eigenvalue weighted by molar-refractivity contribution is 5.87. The van der Waals surface area contributed by atoms with Crippen molar-refractivity contribution in [3.8, 4) is 11.5 Å². The van der Waals surface area contributed by atoms with E-state index >= 15 is 0 Å². The number of nitro benzene ring substituents is 2. The molecule has 0 heterocycles. The first kappa shape index (κ1) is 27.3. The van der Waals surface area contributed by atoms with Gasteiger partial charge in [0.1, 0.15) is 0 Å². The first-order valence-corrected chi connectivity index (χ1v) is 9.33. The largest absolute Gasteiger partial charge is 0.490 e. The van der Waals surface area contributed by atoms with Gasteiger partial charge in [-0.2, -0.15) is 0 Å². The number of esters is 2. The molecule has 0 saturated carbocycles. The molecular weight excluding hydrogens is 452 g/mol.